The summed E-state index contributed by atoms with van der Waals surface area (Å²) in [6.07, 6.45) is 1.12. The molecule has 1 aliphatic rings. The maximum absolute atomic E-state index is 12.4. The summed E-state index contributed by atoms with van der Waals surface area (Å²) < 4.78 is 11.7. The molecular weight excluding hydrogens is 424 g/mol. The van der Waals surface area contributed by atoms with E-state index in [1.165, 1.54) is 0 Å². The maximum atomic E-state index is 12.4. The Bertz CT molecular complexity index is 820. The third-order valence-electron chi connectivity index (χ3n) is 4.89. The SMILES string of the molecule is Cc1cccc(C)c1OCCCC(=O)N1CCN(C(=O)c2ccc(Br)o2)CC1. The highest BCUT2D eigenvalue weighted by Crippen LogP contribution is 2.22. The topological polar surface area (TPSA) is 63.0 Å². The van der Waals surface area contributed by atoms with Crippen LogP contribution >= 0.6 is 15.9 Å². The van der Waals surface area contributed by atoms with E-state index >= 15 is 0 Å². The predicted molar refractivity (Wildman–Crippen MR) is 110 cm³/mol. The molecule has 3 rings (SSSR count). The highest BCUT2D eigenvalue weighted by atomic mass is 79.9. The number of hydrogen-bond donors (Lipinski definition) is 0. The van der Waals surface area contributed by atoms with E-state index in [0.29, 0.717) is 56.1 Å². The van der Waals surface area contributed by atoms with Gasteiger partial charge in [0, 0.05) is 32.6 Å². The summed E-state index contributed by atoms with van der Waals surface area (Å²) in [5.74, 6) is 1.19. The minimum Gasteiger partial charge on any atom is -0.493 e. The fraction of sp³-hybridized carbons (Fsp3) is 0.429. The van der Waals surface area contributed by atoms with Crippen molar-refractivity contribution >= 4 is 27.7 Å². The van der Waals surface area contributed by atoms with Crippen molar-refractivity contribution in [1.82, 2.24) is 9.80 Å². The van der Waals surface area contributed by atoms with Gasteiger partial charge in [-0.25, -0.2) is 0 Å². The first-order valence-corrected chi connectivity index (χ1v) is 10.3. The second-order valence-electron chi connectivity index (χ2n) is 6.95. The Morgan fingerprint density at radius 3 is 2.29 bits per heavy atom. The molecule has 0 radical (unpaired) electrons. The number of furan rings is 1. The molecule has 7 heteroatoms. The van der Waals surface area contributed by atoms with Gasteiger partial charge in [-0.15, -0.1) is 0 Å². The Labute approximate surface area is 173 Å². The van der Waals surface area contributed by atoms with Crippen LogP contribution in [-0.4, -0.2) is 54.4 Å². The van der Waals surface area contributed by atoms with Crippen LogP contribution in [0.1, 0.15) is 34.5 Å². The van der Waals surface area contributed by atoms with Crippen molar-refractivity contribution in [3.8, 4) is 5.75 Å². The number of hydrogen-bond acceptors (Lipinski definition) is 4. The zero-order valence-corrected chi connectivity index (χ0v) is 17.8. The number of ether oxygens (including phenoxy) is 1. The Morgan fingerprint density at radius 2 is 1.68 bits per heavy atom. The Kier molecular flexibility index (Phi) is 6.78. The predicted octanol–water partition coefficient (Wildman–Crippen LogP) is 3.80. The van der Waals surface area contributed by atoms with Crippen molar-refractivity contribution in [2.75, 3.05) is 32.8 Å². The van der Waals surface area contributed by atoms with Crippen LogP contribution in [-0.2, 0) is 4.79 Å². The number of aryl methyl sites for hydroxylation is 2. The number of para-hydroxylation sites is 1. The van der Waals surface area contributed by atoms with E-state index in [0.717, 1.165) is 16.9 Å². The molecule has 0 saturated carbocycles. The Hall–Kier alpha value is -2.28. The lowest BCUT2D eigenvalue weighted by molar-refractivity contribution is -0.132. The van der Waals surface area contributed by atoms with Gasteiger partial charge < -0.3 is 19.0 Å². The van der Waals surface area contributed by atoms with Crippen LogP contribution in [0.15, 0.2) is 39.4 Å². The molecule has 0 atom stereocenters. The highest BCUT2D eigenvalue weighted by molar-refractivity contribution is 9.10. The van der Waals surface area contributed by atoms with Crippen LogP contribution in [0, 0.1) is 13.8 Å². The summed E-state index contributed by atoms with van der Waals surface area (Å²) in [5, 5.41) is 0. The fourth-order valence-electron chi connectivity index (χ4n) is 3.33. The van der Waals surface area contributed by atoms with Crippen molar-refractivity contribution in [3.05, 3.63) is 51.9 Å². The van der Waals surface area contributed by atoms with E-state index in [4.69, 9.17) is 9.15 Å². The average Bonchev–Trinajstić information content (AvgIpc) is 3.12. The van der Waals surface area contributed by atoms with Crippen LogP contribution in [0.4, 0.5) is 0 Å². The van der Waals surface area contributed by atoms with E-state index in [-0.39, 0.29) is 11.8 Å². The monoisotopic (exact) mass is 448 g/mol. The molecule has 2 amide bonds. The standard InChI is InChI=1S/C21H25BrN2O4/c1-15-5-3-6-16(2)20(15)27-14-4-7-19(25)23-10-12-24(13-11-23)21(26)17-8-9-18(22)28-17/h3,5-6,8-9H,4,7,10-14H2,1-2H3. The third kappa shape index (κ3) is 4.95. The molecule has 0 spiro atoms. The van der Waals surface area contributed by atoms with Crippen molar-refractivity contribution in [2.45, 2.75) is 26.7 Å². The normalized spacial score (nSPS) is 14.2. The molecule has 0 aliphatic carbocycles. The number of benzene rings is 1. The van der Waals surface area contributed by atoms with Crippen LogP contribution in [0.25, 0.3) is 0 Å². The fourth-order valence-corrected chi connectivity index (χ4v) is 3.63. The lowest BCUT2D eigenvalue weighted by Gasteiger charge is -2.34. The van der Waals surface area contributed by atoms with Crippen LogP contribution in [0.2, 0.25) is 0 Å². The molecule has 1 fully saturated rings. The third-order valence-corrected chi connectivity index (χ3v) is 5.32. The van der Waals surface area contributed by atoms with Gasteiger partial charge in [-0.05, 0) is 59.5 Å². The van der Waals surface area contributed by atoms with Gasteiger partial charge in [-0.2, -0.15) is 0 Å². The molecule has 0 bridgehead atoms. The number of carbonyl (C=O) groups excluding carboxylic acids is 2. The van der Waals surface area contributed by atoms with E-state index < -0.39 is 0 Å². The summed E-state index contributed by atoms with van der Waals surface area (Å²) in [4.78, 5) is 28.4. The molecule has 150 valence electrons. The Balaban J connectivity index is 1.40. The molecule has 0 unspecified atom stereocenters. The van der Waals surface area contributed by atoms with E-state index in [1.54, 1.807) is 17.0 Å². The van der Waals surface area contributed by atoms with Crippen molar-refractivity contribution in [2.24, 2.45) is 0 Å². The second kappa shape index (κ2) is 9.28. The highest BCUT2D eigenvalue weighted by Gasteiger charge is 2.26. The smallest absolute Gasteiger partial charge is 0.289 e. The first-order chi connectivity index (χ1) is 13.5. The number of rotatable bonds is 6. The molecule has 2 aromatic rings. The molecular formula is C21H25BrN2O4. The minimum atomic E-state index is -0.139. The van der Waals surface area contributed by atoms with Crippen molar-refractivity contribution in [1.29, 1.82) is 0 Å². The van der Waals surface area contributed by atoms with Crippen LogP contribution < -0.4 is 4.74 Å². The van der Waals surface area contributed by atoms with Crippen molar-refractivity contribution < 1.29 is 18.7 Å². The molecule has 1 saturated heterocycles. The second-order valence-corrected chi connectivity index (χ2v) is 7.73. The zero-order valence-electron chi connectivity index (χ0n) is 16.2. The van der Waals surface area contributed by atoms with Gasteiger partial charge in [-0.3, -0.25) is 9.59 Å². The number of nitrogens with zero attached hydrogens (tertiary/aromatic N) is 2. The first-order valence-electron chi connectivity index (χ1n) is 9.47. The van der Waals surface area contributed by atoms with Gasteiger partial charge >= 0.3 is 0 Å². The number of amides is 2. The maximum Gasteiger partial charge on any atom is 0.289 e. The van der Waals surface area contributed by atoms with Crippen molar-refractivity contribution in [3.63, 3.8) is 0 Å². The summed E-state index contributed by atoms with van der Waals surface area (Å²) in [6.45, 7) is 6.69. The molecule has 6 nitrogen and oxygen atoms in total. The number of carbonyl (C=O) groups is 2. The number of halogens is 1. The largest absolute Gasteiger partial charge is 0.493 e. The summed E-state index contributed by atoms with van der Waals surface area (Å²) in [6, 6.07) is 9.41. The minimum absolute atomic E-state index is 0.109. The van der Waals surface area contributed by atoms with Crippen LogP contribution in [0.5, 0.6) is 5.75 Å². The Morgan fingerprint density at radius 1 is 1.04 bits per heavy atom. The molecule has 28 heavy (non-hydrogen) atoms. The van der Waals surface area contributed by atoms with Gasteiger partial charge in [-0.1, -0.05) is 18.2 Å². The lowest BCUT2D eigenvalue weighted by atomic mass is 10.1. The zero-order chi connectivity index (χ0) is 20.1. The molecule has 1 aromatic carbocycles. The van der Waals surface area contributed by atoms with Gasteiger partial charge in [0.15, 0.2) is 10.4 Å². The van der Waals surface area contributed by atoms with E-state index in [1.807, 2.05) is 36.9 Å². The molecule has 0 N–H and O–H groups in total. The van der Waals surface area contributed by atoms with Gasteiger partial charge in [0.1, 0.15) is 5.75 Å². The number of piperazine rings is 1. The quantitative estimate of drug-likeness (QED) is 0.630. The van der Waals surface area contributed by atoms with E-state index in [2.05, 4.69) is 15.9 Å². The van der Waals surface area contributed by atoms with Crippen LogP contribution in [0.3, 0.4) is 0 Å². The summed E-state index contributed by atoms with van der Waals surface area (Å²) >= 11 is 3.21. The molecule has 1 aromatic heterocycles. The van der Waals surface area contributed by atoms with Gasteiger partial charge in [0.25, 0.3) is 5.91 Å². The molecule has 2 heterocycles. The van der Waals surface area contributed by atoms with Gasteiger partial charge in [0.05, 0.1) is 6.61 Å². The lowest BCUT2D eigenvalue weighted by Crippen LogP contribution is -2.50. The molecule has 1 aliphatic heterocycles. The average molecular weight is 449 g/mol. The summed E-state index contributed by atoms with van der Waals surface area (Å²) in [7, 11) is 0. The van der Waals surface area contributed by atoms with E-state index in [9.17, 15) is 9.59 Å². The van der Waals surface area contributed by atoms with Gasteiger partial charge in [0.2, 0.25) is 5.91 Å². The first kappa shape index (κ1) is 20.5. The summed E-state index contributed by atoms with van der Waals surface area (Å²) in [5.41, 5.74) is 2.21.